The highest BCUT2D eigenvalue weighted by Gasteiger charge is 2.33. The zero-order valence-corrected chi connectivity index (χ0v) is 10.1. The molecule has 0 heterocycles. The van der Waals surface area contributed by atoms with Crippen molar-refractivity contribution in [2.75, 3.05) is 5.73 Å². The van der Waals surface area contributed by atoms with Gasteiger partial charge in [0.15, 0.2) is 0 Å². The summed E-state index contributed by atoms with van der Waals surface area (Å²) >= 11 is 0. The molecule has 0 aliphatic carbocycles. The van der Waals surface area contributed by atoms with Gasteiger partial charge in [0.05, 0.1) is 5.56 Å². The first-order chi connectivity index (χ1) is 8.79. The Hall–Kier alpha value is -2.04. The van der Waals surface area contributed by atoms with Crippen LogP contribution in [0.2, 0.25) is 0 Å². The van der Waals surface area contributed by atoms with Crippen molar-refractivity contribution in [1.29, 1.82) is 0 Å². The number of alkyl halides is 3. The van der Waals surface area contributed by atoms with Gasteiger partial charge in [0.25, 0.3) is 0 Å². The standard InChI is InChI=1S/C14H11F4N/c1-8-2-3-10(7-13(8)19)9-4-5-11(12(15)6-9)14(16,17)18/h2-7H,19H2,1H3. The van der Waals surface area contributed by atoms with Crippen LogP contribution >= 0.6 is 0 Å². The van der Waals surface area contributed by atoms with Gasteiger partial charge in [-0.3, -0.25) is 0 Å². The lowest BCUT2D eigenvalue weighted by atomic mass is 10.0. The van der Waals surface area contributed by atoms with Crippen LogP contribution < -0.4 is 5.73 Å². The molecule has 0 saturated carbocycles. The summed E-state index contributed by atoms with van der Waals surface area (Å²) in [7, 11) is 0. The fraction of sp³-hybridized carbons (Fsp3) is 0.143. The molecule has 0 aliphatic heterocycles. The molecule has 0 aromatic heterocycles. The SMILES string of the molecule is Cc1ccc(-c2ccc(C(F)(F)F)c(F)c2)cc1N. The Balaban J connectivity index is 2.47. The second-order valence-corrected chi connectivity index (χ2v) is 4.26. The summed E-state index contributed by atoms with van der Waals surface area (Å²) in [6, 6.07) is 7.87. The number of aryl methyl sites for hydroxylation is 1. The summed E-state index contributed by atoms with van der Waals surface area (Å²) in [6.45, 7) is 1.81. The molecule has 0 bridgehead atoms. The zero-order chi connectivity index (χ0) is 14.2. The predicted molar refractivity (Wildman–Crippen MR) is 66.0 cm³/mol. The summed E-state index contributed by atoms with van der Waals surface area (Å²) in [5.41, 5.74) is 6.76. The second-order valence-electron chi connectivity index (χ2n) is 4.26. The molecule has 1 nitrogen and oxygen atoms in total. The zero-order valence-electron chi connectivity index (χ0n) is 10.1. The first kappa shape index (κ1) is 13.4. The number of benzene rings is 2. The molecule has 2 rings (SSSR count). The Morgan fingerprint density at radius 3 is 2.05 bits per heavy atom. The van der Waals surface area contributed by atoms with E-state index >= 15 is 0 Å². The predicted octanol–water partition coefficient (Wildman–Crippen LogP) is 4.40. The number of anilines is 1. The first-order valence-electron chi connectivity index (χ1n) is 5.52. The van der Waals surface area contributed by atoms with E-state index in [0.29, 0.717) is 16.8 Å². The number of halogens is 4. The van der Waals surface area contributed by atoms with E-state index in [2.05, 4.69) is 0 Å². The smallest absolute Gasteiger partial charge is 0.398 e. The highest BCUT2D eigenvalue weighted by Crippen LogP contribution is 2.33. The monoisotopic (exact) mass is 269 g/mol. The third kappa shape index (κ3) is 2.70. The molecule has 0 saturated heterocycles. The van der Waals surface area contributed by atoms with E-state index in [4.69, 9.17) is 5.73 Å². The Kier molecular flexibility index (Phi) is 3.22. The van der Waals surface area contributed by atoms with Crippen LogP contribution in [-0.4, -0.2) is 0 Å². The summed E-state index contributed by atoms with van der Waals surface area (Å²) in [6.07, 6.45) is -4.69. The molecular weight excluding hydrogens is 258 g/mol. The highest BCUT2D eigenvalue weighted by molar-refractivity contribution is 5.69. The van der Waals surface area contributed by atoms with Crippen molar-refractivity contribution in [1.82, 2.24) is 0 Å². The van der Waals surface area contributed by atoms with Crippen molar-refractivity contribution in [2.45, 2.75) is 13.1 Å². The van der Waals surface area contributed by atoms with Gasteiger partial charge < -0.3 is 5.73 Å². The Bertz CT molecular complexity index is 617. The fourth-order valence-corrected chi connectivity index (χ4v) is 1.74. The van der Waals surface area contributed by atoms with Gasteiger partial charge in [0.1, 0.15) is 5.82 Å². The molecular formula is C14H11F4N. The van der Waals surface area contributed by atoms with E-state index in [-0.39, 0.29) is 0 Å². The van der Waals surface area contributed by atoms with E-state index < -0.39 is 17.6 Å². The van der Waals surface area contributed by atoms with E-state index in [1.807, 2.05) is 6.92 Å². The largest absolute Gasteiger partial charge is 0.419 e. The van der Waals surface area contributed by atoms with Crippen LogP contribution in [0.25, 0.3) is 11.1 Å². The lowest BCUT2D eigenvalue weighted by Crippen LogP contribution is -2.07. The minimum atomic E-state index is -4.69. The van der Waals surface area contributed by atoms with Gasteiger partial charge in [-0.15, -0.1) is 0 Å². The van der Waals surface area contributed by atoms with Crippen LogP contribution in [0.5, 0.6) is 0 Å². The molecule has 0 spiro atoms. The third-order valence-electron chi connectivity index (χ3n) is 2.89. The molecule has 19 heavy (non-hydrogen) atoms. The van der Waals surface area contributed by atoms with E-state index in [9.17, 15) is 17.6 Å². The average Bonchev–Trinajstić information content (AvgIpc) is 2.31. The molecule has 0 amide bonds. The lowest BCUT2D eigenvalue weighted by Gasteiger charge is -2.10. The maximum Gasteiger partial charge on any atom is 0.419 e. The van der Waals surface area contributed by atoms with Gasteiger partial charge in [-0.05, 0) is 41.8 Å². The van der Waals surface area contributed by atoms with Crippen molar-refractivity contribution >= 4 is 5.69 Å². The van der Waals surface area contributed by atoms with Crippen LogP contribution in [0.15, 0.2) is 36.4 Å². The van der Waals surface area contributed by atoms with Crippen molar-refractivity contribution in [3.63, 3.8) is 0 Å². The van der Waals surface area contributed by atoms with Crippen LogP contribution in [-0.2, 0) is 6.18 Å². The molecule has 0 aliphatic rings. The summed E-state index contributed by atoms with van der Waals surface area (Å²) in [5, 5.41) is 0. The van der Waals surface area contributed by atoms with Gasteiger partial charge in [0, 0.05) is 5.69 Å². The van der Waals surface area contributed by atoms with Crippen LogP contribution in [0, 0.1) is 12.7 Å². The minimum Gasteiger partial charge on any atom is -0.398 e. The molecule has 2 N–H and O–H groups in total. The third-order valence-corrected chi connectivity index (χ3v) is 2.89. The normalized spacial score (nSPS) is 11.6. The van der Waals surface area contributed by atoms with Crippen molar-refractivity contribution in [3.8, 4) is 11.1 Å². The second kappa shape index (κ2) is 4.57. The van der Waals surface area contributed by atoms with Crippen LogP contribution in [0.4, 0.5) is 23.2 Å². The van der Waals surface area contributed by atoms with Gasteiger partial charge in [0.2, 0.25) is 0 Å². The maximum atomic E-state index is 13.5. The van der Waals surface area contributed by atoms with Crippen molar-refractivity contribution < 1.29 is 17.6 Å². The van der Waals surface area contributed by atoms with Crippen molar-refractivity contribution in [3.05, 3.63) is 53.3 Å². The van der Waals surface area contributed by atoms with E-state index in [1.54, 1.807) is 18.2 Å². The summed E-state index contributed by atoms with van der Waals surface area (Å²) < 4.78 is 50.8. The van der Waals surface area contributed by atoms with Crippen LogP contribution in [0.1, 0.15) is 11.1 Å². The summed E-state index contributed by atoms with van der Waals surface area (Å²) in [4.78, 5) is 0. The number of nitrogen functional groups attached to an aromatic ring is 1. The topological polar surface area (TPSA) is 26.0 Å². The summed E-state index contributed by atoms with van der Waals surface area (Å²) in [5.74, 6) is -1.29. The number of hydrogen-bond donors (Lipinski definition) is 1. The minimum absolute atomic E-state index is 0.359. The Morgan fingerprint density at radius 2 is 1.53 bits per heavy atom. The van der Waals surface area contributed by atoms with Gasteiger partial charge in [-0.1, -0.05) is 18.2 Å². The quantitative estimate of drug-likeness (QED) is 0.602. The van der Waals surface area contributed by atoms with Gasteiger partial charge >= 0.3 is 6.18 Å². The molecule has 0 radical (unpaired) electrons. The molecule has 0 atom stereocenters. The van der Waals surface area contributed by atoms with Gasteiger partial charge in [-0.2, -0.15) is 13.2 Å². The highest BCUT2D eigenvalue weighted by atomic mass is 19.4. The molecule has 5 heteroatoms. The number of nitrogens with two attached hydrogens (primary N) is 1. The van der Waals surface area contributed by atoms with Crippen LogP contribution in [0.3, 0.4) is 0 Å². The molecule has 0 fully saturated rings. The average molecular weight is 269 g/mol. The van der Waals surface area contributed by atoms with E-state index in [1.165, 1.54) is 6.07 Å². The Morgan fingerprint density at radius 1 is 0.947 bits per heavy atom. The van der Waals surface area contributed by atoms with Gasteiger partial charge in [-0.25, -0.2) is 4.39 Å². The van der Waals surface area contributed by atoms with Crippen molar-refractivity contribution in [2.24, 2.45) is 0 Å². The first-order valence-corrected chi connectivity index (χ1v) is 5.52. The molecule has 0 unspecified atom stereocenters. The molecule has 2 aromatic rings. The fourth-order valence-electron chi connectivity index (χ4n) is 1.74. The Labute approximate surface area is 107 Å². The lowest BCUT2D eigenvalue weighted by molar-refractivity contribution is -0.139. The van der Waals surface area contributed by atoms with E-state index in [0.717, 1.165) is 17.7 Å². The molecule has 2 aromatic carbocycles. The number of hydrogen-bond acceptors (Lipinski definition) is 1. The molecule has 100 valence electrons. The maximum absolute atomic E-state index is 13.5. The number of rotatable bonds is 1.